The number of barbiturate groups is 1. The maximum atomic E-state index is 13.2. The van der Waals surface area contributed by atoms with Crippen molar-refractivity contribution in [2.75, 3.05) is 11.4 Å². The number of aryl methyl sites for hydroxylation is 1. The lowest BCUT2D eigenvalue weighted by Gasteiger charge is -2.54. The second-order valence-corrected chi connectivity index (χ2v) is 9.05. The van der Waals surface area contributed by atoms with Gasteiger partial charge < -0.3 is 9.64 Å². The van der Waals surface area contributed by atoms with Crippen molar-refractivity contribution in [3.63, 3.8) is 0 Å². The summed E-state index contributed by atoms with van der Waals surface area (Å²) >= 11 is 1.62. The molecule has 3 atom stereocenters. The lowest BCUT2D eigenvalue weighted by atomic mass is 9.67. The van der Waals surface area contributed by atoms with Crippen LogP contribution < -0.4 is 15.5 Å². The van der Waals surface area contributed by atoms with E-state index in [9.17, 15) is 14.4 Å². The third-order valence-electron chi connectivity index (χ3n) is 6.30. The minimum absolute atomic E-state index is 0.0869. The highest BCUT2D eigenvalue weighted by atomic mass is 32.1. The Balaban J connectivity index is 1.69. The van der Waals surface area contributed by atoms with Crippen LogP contribution in [0.2, 0.25) is 0 Å². The fourth-order valence-electron chi connectivity index (χ4n) is 5.11. The Kier molecular flexibility index (Phi) is 4.23. The van der Waals surface area contributed by atoms with Gasteiger partial charge in [0.15, 0.2) is 5.41 Å². The Morgan fingerprint density at radius 1 is 1.20 bits per heavy atom. The van der Waals surface area contributed by atoms with Crippen molar-refractivity contribution in [2.45, 2.75) is 45.4 Å². The van der Waals surface area contributed by atoms with Gasteiger partial charge in [0.05, 0.1) is 18.2 Å². The van der Waals surface area contributed by atoms with E-state index in [0.29, 0.717) is 6.54 Å². The summed E-state index contributed by atoms with van der Waals surface area (Å²) in [6.45, 7) is 6.37. The Bertz CT molecular complexity index is 1060. The molecule has 3 aliphatic rings. The summed E-state index contributed by atoms with van der Waals surface area (Å²) in [5.74, 6) is -0.403. The van der Waals surface area contributed by atoms with Crippen molar-refractivity contribution >= 4 is 35.0 Å². The van der Waals surface area contributed by atoms with Crippen LogP contribution >= 0.6 is 11.3 Å². The molecule has 156 valence electrons. The third-order valence-corrected chi connectivity index (χ3v) is 7.16. The van der Waals surface area contributed by atoms with Crippen molar-refractivity contribution < 1.29 is 19.1 Å². The number of hydrogen-bond donors (Lipinski definition) is 2. The Morgan fingerprint density at radius 3 is 2.60 bits per heavy atom. The standard InChI is InChI=1S/C21H22N4O4S/c1-10-8-30-9-15(10)14-4-13-5-21(18(26)23-20(28)24-19(21)27)16-12(3)29-11(2)7-25(16)17(13)22-6-14/h4,6,8-9,11-12,16H,5,7H2,1-3H3,(H2,23,24,26,27,28)/t11-,12+,16-/m1/s1. The average Bonchev–Trinajstić information content (AvgIpc) is 3.11. The van der Waals surface area contributed by atoms with Gasteiger partial charge in [0.1, 0.15) is 5.82 Å². The van der Waals surface area contributed by atoms with Crippen LogP contribution in [0.15, 0.2) is 23.0 Å². The molecule has 2 saturated heterocycles. The Labute approximate surface area is 177 Å². The molecule has 3 aliphatic heterocycles. The minimum Gasteiger partial charge on any atom is -0.372 e. The molecule has 4 amide bonds. The summed E-state index contributed by atoms with van der Waals surface area (Å²) < 4.78 is 6.01. The number of nitrogens with one attached hydrogen (secondary N) is 2. The van der Waals surface area contributed by atoms with Crippen LogP contribution in [0.5, 0.6) is 0 Å². The molecule has 0 unspecified atom stereocenters. The molecule has 30 heavy (non-hydrogen) atoms. The number of hydrogen-bond acceptors (Lipinski definition) is 7. The predicted octanol–water partition coefficient (Wildman–Crippen LogP) is 2.01. The lowest BCUT2D eigenvalue weighted by Crippen LogP contribution is -2.75. The van der Waals surface area contributed by atoms with Gasteiger partial charge in [-0.25, -0.2) is 9.78 Å². The lowest BCUT2D eigenvalue weighted by molar-refractivity contribution is -0.153. The molecule has 0 aliphatic carbocycles. The highest BCUT2D eigenvalue weighted by Crippen LogP contribution is 2.46. The number of carbonyl (C=O) groups excluding carboxylic acids is 3. The van der Waals surface area contributed by atoms with Gasteiger partial charge >= 0.3 is 6.03 Å². The first kappa shape index (κ1) is 19.2. The van der Waals surface area contributed by atoms with Crippen molar-refractivity contribution in [3.8, 4) is 11.1 Å². The number of morpholine rings is 1. The number of carbonyl (C=O) groups is 3. The summed E-state index contributed by atoms with van der Waals surface area (Å²) in [7, 11) is 0. The summed E-state index contributed by atoms with van der Waals surface area (Å²) in [5.41, 5.74) is 2.53. The topological polar surface area (TPSA) is 101 Å². The normalized spacial score (nSPS) is 27.4. The number of aromatic nitrogens is 1. The molecule has 0 bridgehead atoms. The van der Waals surface area contributed by atoms with Crippen LogP contribution in [-0.2, 0) is 20.7 Å². The second-order valence-electron chi connectivity index (χ2n) is 8.31. The maximum Gasteiger partial charge on any atom is 0.328 e. The zero-order valence-corrected chi connectivity index (χ0v) is 17.7. The molecule has 2 aromatic heterocycles. The van der Waals surface area contributed by atoms with Gasteiger partial charge in [0.2, 0.25) is 11.8 Å². The number of fused-ring (bicyclic) bond motifs is 4. The number of thiophene rings is 1. The predicted molar refractivity (Wildman–Crippen MR) is 111 cm³/mol. The number of urea groups is 1. The van der Waals surface area contributed by atoms with Crippen LogP contribution in [0.3, 0.4) is 0 Å². The van der Waals surface area contributed by atoms with Crippen LogP contribution in [0, 0.1) is 12.3 Å². The molecular formula is C21H22N4O4S. The molecule has 1 spiro atoms. The highest BCUT2D eigenvalue weighted by molar-refractivity contribution is 7.08. The number of rotatable bonds is 1. The molecule has 9 heteroatoms. The van der Waals surface area contributed by atoms with E-state index in [4.69, 9.17) is 9.72 Å². The largest absolute Gasteiger partial charge is 0.372 e. The van der Waals surface area contributed by atoms with E-state index in [0.717, 1.165) is 28.1 Å². The van der Waals surface area contributed by atoms with Crippen molar-refractivity contribution in [3.05, 3.63) is 34.2 Å². The van der Waals surface area contributed by atoms with Crippen molar-refractivity contribution in [1.82, 2.24) is 15.6 Å². The first-order valence-corrected chi connectivity index (χ1v) is 10.9. The summed E-state index contributed by atoms with van der Waals surface area (Å²) in [6, 6.07) is 0.666. The van der Waals surface area contributed by atoms with Crippen LogP contribution in [0.4, 0.5) is 10.6 Å². The molecule has 0 saturated carbocycles. The monoisotopic (exact) mass is 426 g/mol. The number of anilines is 1. The van der Waals surface area contributed by atoms with E-state index in [-0.39, 0.29) is 12.5 Å². The number of amides is 4. The number of ether oxygens (including phenoxy) is 1. The van der Waals surface area contributed by atoms with Gasteiger partial charge in [-0.2, -0.15) is 11.3 Å². The highest BCUT2D eigenvalue weighted by Gasteiger charge is 2.63. The third kappa shape index (κ3) is 2.61. The zero-order valence-electron chi connectivity index (χ0n) is 16.9. The van der Waals surface area contributed by atoms with E-state index in [1.54, 1.807) is 11.3 Å². The van der Waals surface area contributed by atoms with Crippen LogP contribution in [-0.4, -0.2) is 47.6 Å². The number of nitrogens with zero attached hydrogens (tertiary/aromatic N) is 2. The molecule has 5 heterocycles. The van der Waals surface area contributed by atoms with Crippen molar-refractivity contribution in [1.29, 1.82) is 0 Å². The van der Waals surface area contributed by atoms with Gasteiger partial charge in [-0.15, -0.1) is 0 Å². The molecule has 5 rings (SSSR count). The SMILES string of the molecule is Cc1cscc1-c1cnc2c(c1)CC1(C(=O)NC(=O)NC1=O)[C@H]1[C@H](C)O[C@H](C)CN21. The van der Waals surface area contributed by atoms with Gasteiger partial charge in [0, 0.05) is 24.7 Å². The van der Waals surface area contributed by atoms with Gasteiger partial charge in [-0.1, -0.05) is 0 Å². The molecule has 0 radical (unpaired) electrons. The molecule has 0 aromatic carbocycles. The summed E-state index contributed by atoms with van der Waals surface area (Å²) in [5, 5.41) is 8.75. The Hall–Kier alpha value is -2.78. The van der Waals surface area contributed by atoms with E-state index in [1.807, 2.05) is 37.9 Å². The minimum atomic E-state index is -1.47. The maximum absolute atomic E-state index is 13.2. The molecular weight excluding hydrogens is 404 g/mol. The molecule has 2 aromatic rings. The van der Waals surface area contributed by atoms with Crippen LogP contribution in [0.1, 0.15) is 25.0 Å². The average molecular weight is 426 g/mol. The Morgan fingerprint density at radius 2 is 1.93 bits per heavy atom. The molecule has 2 N–H and O–H groups in total. The van der Waals surface area contributed by atoms with Crippen molar-refractivity contribution in [2.24, 2.45) is 5.41 Å². The fourth-order valence-corrected chi connectivity index (χ4v) is 5.96. The first-order valence-electron chi connectivity index (χ1n) is 9.92. The van der Waals surface area contributed by atoms with Gasteiger partial charge in [-0.3, -0.25) is 20.2 Å². The first-order chi connectivity index (χ1) is 14.3. The second kappa shape index (κ2) is 6.61. The van der Waals surface area contributed by atoms with E-state index >= 15 is 0 Å². The number of pyridine rings is 1. The molecule has 2 fully saturated rings. The fraction of sp³-hybridized carbons (Fsp3) is 0.429. The zero-order chi connectivity index (χ0) is 21.2. The smallest absolute Gasteiger partial charge is 0.328 e. The summed E-state index contributed by atoms with van der Waals surface area (Å²) in [6.07, 6.45) is 1.52. The quantitative estimate of drug-likeness (QED) is 0.677. The summed E-state index contributed by atoms with van der Waals surface area (Å²) in [4.78, 5) is 44.9. The van der Waals surface area contributed by atoms with E-state index < -0.39 is 35.4 Å². The van der Waals surface area contributed by atoms with E-state index in [1.165, 1.54) is 0 Å². The molecule has 8 nitrogen and oxygen atoms in total. The van der Waals surface area contributed by atoms with Gasteiger partial charge in [-0.05, 0) is 54.3 Å². The number of imide groups is 2. The van der Waals surface area contributed by atoms with Gasteiger partial charge in [0.25, 0.3) is 0 Å². The van der Waals surface area contributed by atoms with E-state index in [2.05, 4.69) is 21.4 Å². The van der Waals surface area contributed by atoms with Crippen LogP contribution in [0.25, 0.3) is 11.1 Å².